The van der Waals surface area contributed by atoms with Crippen LogP contribution in [0.25, 0.3) is 33.2 Å². The molecule has 0 radical (unpaired) electrons. The second-order valence-electron chi connectivity index (χ2n) is 21.3. The van der Waals surface area contributed by atoms with Crippen LogP contribution in [0.3, 0.4) is 0 Å². The topological polar surface area (TPSA) is 165 Å². The summed E-state index contributed by atoms with van der Waals surface area (Å²) in [6.07, 6.45) is 2.57. The molecule has 5 atom stereocenters. The molecule has 0 saturated carbocycles. The number of amides is 2. The molecule has 7 aromatic rings. The molecule has 0 aliphatic carbocycles. The number of carbonyl (C=O) groups excluding carboxylic acids is 2. The summed E-state index contributed by atoms with van der Waals surface area (Å²) < 4.78 is 29.8. The summed E-state index contributed by atoms with van der Waals surface area (Å²) in [6.45, 7) is 13.5. The van der Waals surface area contributed by atoms with E-state index in [-0.39, 0.29) is 23.4 Å². The van der Waals surface area contributed by atoms with Gasteiger partial charge in [0.15, 0.2) is 12.0 Å². The van der Waals surface area contributed by atoms with Crippen LogP contribution >= 0.6 is 69.6 Å². The van der Waals surface area contributed by atoms with Crippen LogP contribution in [0, 0.1) is 0 Å². The smallest absolute Gasteiger partial charge is 0.256 e. The average molecular weight is 1280 g/mol. The quantitative estimate of drug-likeness (QED) is 0.0857. The number of methoxy groups -OCH3 is 4. The van der Waals surface area contributed by atoms with Gasteiger partial charge in [-0.05, 0) is 130 Å². The second-order valence-corrected chi connectivity index (χ2v) is 23.6. The van der Waals surface area contributed by atoms with Crippen LogP contribution in [-0.2, 0) is 11.3 Å². The van der Waals surface area contributed by atoms with E-state index in [0.717, 1.165) is 90.0 Å². The number of hydrogen-bond acceptors (Lipinski definition) is 13. The number of halogens is 6. The molecule has 4 aliphatic heterocycles. The summed E-state index contributed by atoms with van der Waals surface area (Å²) in [7, 11) is 6.18. The lowest BCUT2D eigenvalue weighted by Crippen LogP contribution is -2.54. The molecule has 0 bridgehead atoms. The molecule has 4 aliphatic rings. The lowest BCUT2D eigenvalue weighted by molar-refractivity contribution is -0.0365. The summed E-state index contributed by atoms with van der Waals surface area (Å²) in [5, 5.41) is 20.5. The normalized spacial score (nSPS) is 19.1. The number of alkyl halides is 2. The van der Waals surface area contributed by atoms with Gasteiger partial charge in [-0.3, -0.25) is 14.6 Å². The minimum absolute atomic E-state index is 0.194. The standard InChI is InChI=1S/C33H37Cl2N5O4.C29H30Cl2N4O3.CH2Cl2/c1-19-17-39(18-20(2)36-19)23-11-8-21(9-12-23)33(41)37-32-24-13-10-22(15-25(24)40(38-32)28-7-5-6-14-44-28)29-30(34)26(42-3)16-27(43-4)31(29)35;1-16-14-35(15-17(2)33-16)21-8-5-18(6-9-21)29(36)34-28-22-10-7-19(11-20(22)13-32-28)25-26(30)23(37-3)12-24(38-4)27(25)31;2-1-3/h8-13,15-16,19-20,28,36H,5-7,14,17-18H2,1-4H3,(H,37,38,41);5-12,16-17,33H,13-15H2,1-4H3,(H,32,34,36);1H2/t19-,20+,28?;16-,17+;. The fourth-order valence-electron chi connectivity index (χ4n) is 11.3. The highest BCUT2D eigenvalue weighted by Crippen LogP contribution is 2.48. The van der Waals surface area contributed by atoms with E-state index in [4.69, 9.17) is 98.4 Å². The van der Waals surface area contributed by atoms with E-state index in [9.17, 15) is 9.59 Å². The van der Waals surface area contributed by atoms with Crippen molar-refractivity contribution < 1.29 is 33.3 Å². The van der Waals surface area contributed by atoms with Crippen LogP contribution in [0.2, 0.25) is 20.1 Å². The first kappa shape index (κ1) is 63.3. The molecule has 2 amide bonds. The van der Waals surface area contributed by atoms with Crippen molar-refractivity contribution in [1.29, 1.82) is 0 Å². The van der Waals surface area contributed by atoms with Crippen molar-refractivity contribution in [1.82, 2.24) is 25.7 Å². The Hall–Kier alpha value is -6.18. The predicted octanol–water partition coefficient (Wildman–Crippen LogP) is 14.1. The lowest BCUT2D eigenvalue weighted by Gasteiger charge is -2.37. The van der Waals surface area contributed by atoms with E-state index in [1.807, 2.05) is 89.6 Å². The fraction of sp³-hybridized carbons (Fsp3) is 0.365. The summed E-state index contributed by atoms with van der Waals surface area (Å²) in [6, 6.07) is 32.0. The number of aromatic nitrogens is 2. The van der Waals surface area contributed by atoms with Gasteiger partial charge in [0.25, 0.3) is 11.8 Å². The highest BCUT2D eigenvalue weighted by molar-refractivity contribution is 6.42. The first-order valence-electron chi connectivity index (χ1n) is 28.0. The van der Waals surface area contributed by atoms with Gasteiger partial charge in [0.1, 0.15) is 28.8 Å². The van der Waals surface area contributed by atoms with Gasteiger partial charge in [0.05, 0.1) is 65.9 Å². The number of anilines is 3. The van der Waals surface area contributed by atoms with Crippen LogP contribution in [-0.4, -0.2) is 118 Å². The van der Waals surface area contributed by atoms with Crippen molar-refractivity contribution in [2.75, 3.05) is 81.7 Å². The average Bonchev–Trinajstić information content (AvgIpc) is 4.13. The Balaban J connectivity index is 0.000000197. The van der Waals surface area contributed by atoms with Crippen molar-refractivity contribution in [3.63, 3.8) is 0 Å². The van der Waals surface area contributed by atoms with Crippen molar-refractivity contribution in [3.8, 4) is 45.3 Å². The Morgan fingerprint density at radius 3 is 1.49 bits per heavy atom. The van der Waals surface area contributed by atoms with Gasteiger partial charge in [-0.15, -0.1) is 23.2 Å². The molecule has 3 saturated heterocycles. The molecule has 3 fully saturated rings. The Morgan fingerprint density at radius 1 is 0.600 bits per heavy atom. The maximum Gasteiger partial charge on any atom is 0.256 e. The largest absolute Gasteiger partial charge is 0.495 e. The monoisotopic (exact) mass is 1270 g/mol. The third kappa shape index (κ3) is 14.3. The van der Waals surface area contributed by atoms with Gasteiger partial charge in [0, 0.05) is 114 Å². The van der Waals surface area contributed by atoms with Crippen LogP contribution < -0.4 is 50.0 Å². The van der Waals surface area contributed by atoms with E-state index < -0.39 is 0 Å². The zero-order valence-corrected chi connectivity index (χ0v) is 53.1. The molecule has 6 aromatic carbocycles. The highest BCUT2D eigenvalue weighted by atomic mass is 35.5. The molecule has 5 heterocycles. The van der Waals surface area contributed by atoms with Crippen molar-refractivity contribution >= 4 is 115 Å². The Morgan fingerprint density at radius 2 is 1.05 bits per heavy atom. The molecule has 22 heteroatoms. The number of fused-ring (bicyclic) bond motifs is 2. The van der Waals surface area contributed by atoms with Crippen LogP contribution in [0.1, 0.15) is 85.0 Å². The minimum Gasteiger partial charge on any atom is -0.495 e. The van der Waals surface area contributed by atoms with Crippen molar-refractivity contribution in [3.05, 3.63) is 139 Å². The van der Waals surface area contributed by atoms with E-state index in [1.54, 1.807) is 40.6 Å². The Labute approximate surface area is 526 Å². The predicted molar refractivity (Wildman–Crippen MR) is 346 cm³/mol. The number of piperazine rings is 2. The number of nitrogens with zero attached hydrogens (tertiary/aromatic N) is 5. The number of benzene rings is 6. The maximum absolute atomic E-state index is 13.5. The van der Waals surface area contributed by atoms with Crippen LogP contribution in [0.5, 0.6) is 23.0 Å². The molecule has 450 valence electrons. The third-order valence-corrected chi connectivity index (χ3v) is 16.7. The summed E-state index contributed by atoms with van der Waals surface area (Å²) in [5.74, 6) is 2.42. The number of nitrogens with one attached hydrogen (secondary N) is 4. The number of ether oxygens (including phenoxy) is 5. The molecule has 1 unspecified atom stereocenters. The number of amidine groups is 1. The molecule has 1 aromatic heterocycles. The lowest BCUT2D eigenvalue weighted by atomic mass is 9.99. The molecule has 11 rings (SSSR count). The number of hydrogen-bond donors (Lipinski definition) is 4. The fourth-order valence-corrected chi connectivity index (χ4v) is 12.8. The highest BCUT2D eigenvalue weighted by Gasteiger charge is 2.28. The van der Waals surface area contributed by atoms with Gasteiger partial charge in [0.2, 0.25) is 0 Å². The first-order chi connectivity index (χ1) is 41.0. The van der Waals surface area contributed by atoms with Gasteiger partial charge in [-0.2, -0.15) is 5.10 Å². The molecule has 16 nitrogen and oxygen atoms in total. The maximum atomic E-state index is 13.5. The van der Waals surface area contributed by atoms with Crippen LogP contribution in [0.15, 0.2) is 102 Å². The van der Waals surface area contributed by atoms with Crippen LogP contribution in [0.4, 0.5) is 17.2 Å². The third-order valence-electron chi connectivity index (χ3n) is 15.2. The van der Waals surface area contributed by atoms with Gasteiger partial charge in [-0.1, -0.05) is 64.6 Å². The summed E-state index contributed by atoms with van der Waals surface area (Å²) in [5.41, 5.74) is 8.75. The minimum atomic E-state index is -0.263. The number of aliphatic imine (C=N–C) groups is 1. The zero-order chi connectivity index (χ0) is 60.6. The number of carbonyl (C=O) groups is 2. The Bertz CT molecular complexity index is 3490. The van der Waals surface area contributed by atoms with E-state index in [2.05, 4.69) is 63.8 Å². The van der Waals surface area contributed by atoms with Gasteiger partial charge >= 0.3 is 0 Å². The SMILES string of the molecule is COc1cc(OC)c(Cl)c(-c2ccc3c(NC(=O)c4ccc(N5C[C@@H](C)N[C@@H](C)C5)cc4)nn(C4CCCCO4)c3c2)c1Cl.COc1cc(OC)c(Cl)c(-c2ccc3c(c2)CN=C3NC(=O)c2ccc(N3C[C@@H](C)N[C@@H](C)C3)cc2)c1Cl.ClCCl. The second kappa shape index (κ2) is 28.6. The zero-order valence-electron chi connectivity index (χ0n) is 48.6. The van der Waals surface area contributed by atoms with Crippen molar-refractivity contribution in [2.24, 2.45) is 4.99 Å². The van der Waals surface area contributed by atoms with E-state index in [1.165, 1.54) is 0 Å². The Kier molecular flexibility index (Phi) is 21.3. The molecular formula is C63H69Cl6N9O7. The summed E-state index contributed by atoms with van der Waals surface area (Å²) >= 11 is 36.3. The van der Waals surface area contributed by atoms with Gasteiger partial charge in [-0.25, -0.2) is 4.68 Å². The summed E-state index contributed by atoms with van der Waals surface area (Å²) in [4.78, 5) is 35.8. The molecule has 85 heavy (non-hydrogen) atoms. The van der Waals surface area contributed by atoms with E-state index in [0.29, 0.717) is 114 Å². The number of rotatable bonds is 12. The van der Waals surface area contributed by atoms with E-state index >= 15 is 0 Å². The molecule has 0 spiro atoms. The van der Waals surface area contributed by atoms with Gasteiger partial charge < -0.3 is 54.8 Å². The first-order valence-corrected chi connectivity index (χ1v) is 30.5. The molecular weight excluding hydrogens is 1210 g/mol. The van der Waals surface area contributed by atoms with Crippen molar-refractivity contribution in [2.45, 2.75) is 83.9 Å². The molecule has 4 N–H and O–H groups in total.